The quantitative estimate of drug-likeness (QED) is 0.0760. The molecule has 0 aliphatic rings. The number of azide groups is 1. The first-order valence-corrected chi connectivity index (χ1v) is 12.6. The highest BCUT2D eigenvalue weighted by molar-refractivity contribution is 7.09. The van der Waals surface area contributed by atoms with Crippen LogP contribution in [-0.4, -0.2) is 54.3 Å². The highest BCUT2D eigenvalue weighted by atomic mass is 32.1. The fraction of sp³-hybridized carbons (Fsp3) is 0.783. The number of nitrogens with zero attached hydrogens (tertiary/aromatic N) is 5. The molecular formula is C23H39N5O4S. The molecule has 3 atom stereocenters. The average Bonchev–Trinajstić information content (AvgIpc) is 3.28. The number of methoxy groups -OCH3 is 1. The van der Waals surface area contributed by atoms with Crippen molar-refractivity contribution < 1.29 is 19.1 Å². The first kappa shape index (κ1) is 28.9. The lowest BCUT2D eigenvalue weighted by Gasteiger charge is -2.36. The van der Waals surface area contributed by atoms with Gasteiger partial charge < -0.3 is 14.4 Å². The van der Waals surface area contributed by atoms with E-state index in [1.54, 1.807) is 10.3 Å². The summed E-state index contributed by atoms with van der Waals surface area (Å²) in [5.41, 5.74) is 9.36. The Labute approximate surface area is 201 Å². The third-order valence-electron chi connectivity index (χ3n) is 5.79. The topological polar surface area (TPSA) is 117 Å². The number of aromatic nitrogens is 1. The molecule has 0 spiro atoms. The molecule has 1 heterocycles. The molecule has 9 nitrogen and oxygen atoms in total. The molecule has 0 saturated heterocycles. The first-order chi connectivity index (χ1) is 15.8. The van der Waals surface area contributed by atoms with Crippen LogP contribution in [0.15, 0.2) is 10.5 Å². The largest absolute Gasteiger partial charge is 0.464 e. The Bertz CT molecular complexity index is 779. The first-order valence-electron chi connectivity index (χ1n) is 11.8. The van der Waals surface area contributed by atoms with Crippen LogP contribution in [0.25, 0.3) is 10.4 Å². The lowest BCUT2D eigenvalue weighted by molar-refractivity contribution is -0.144. The maximum Gasteiger partial charge on any atom is 0.357 e. The zero-order chi connectivity index (χ0) is 24.8. The molecule has 0 N–H and O–H groups in total. The highest BCUT2D eigenvalue weighted by Crippen LogP contribution is 2.24. The number of amides is 1. The van der Waals surface area contributed by atoms with E-state index in [9.17, 15) is 9.59 Å². The van der Waals surface area contributed by atoms with Crippen molar-refractivity contribution in [3.63, 3.8) is 0 Å². The van der Waals surface area contributed by atoms with E-state index >= 15 is 0 Å². The summed E-state index contributed by atoms with van der Waals surface area (Å²) in [6.45, 7) is 10.9. The molecule has 1 aromatic rings. The van der Waals surface area contributed by atoms with Crippen molar-refractivity contribution in [1.29, 1.82) is 0 Å². The van der Waals surface area contributed by atoms with Gasteiger partial charge in [0.1, 0.15) is 12.8 Å². The second-order valence-electron chi connectivity index (χ2n) is 8.56. The number of carbonyl (C=O) groups is 2. The van der Waals surface area contributed by atoms with Crippen LogP contribution in [-0.2, 0) is 20.7 Å². The van der Waals surface area contributed by atoms with Crippen molar-refractivity contribution in [3.8, 4) is 0 Å². The molecule has 1 amide bonds. The molecule has 0 aromatic carbocycles. The SMILES string of the molecule is CCCCCOCN(C(=O)C(N=[N+]=[N-])C(C)CC)[C@H](CCc1nc(C(=O)OC)cs1)C(C)C. The third-order valence-corrected chi connectivity index (χ3v) is 6.70. The Balaban J connectivity index is 3.07. The summed E-state index contributed by atoms with van der Waals surface area (Å²) in [7, 11) is 1.33. The van der Waals surface area contributed by atoms with Crippen LogP contribution < -0.4 is 0 Å². The van der Waals surface area contributed by atoms with E-state index in [0.29, 0.717) is 25.1 Å². The highest BCUT2D eigenvalue weighted by Gasteiger charge is 2.33. The zero-order valence-corrected chi connectivity index (χ0v) is 21.6. The summed E-state index contributed by atoms with van der Waals surface area (Å²) >= 11 is 1.40. The summed E-state index contributed by atoms with van der Waals surface area (Å²) in [4.78, 5) is 34.3. The van der Waals surface area contributed by atoms with Gasteiger partial charge in [0.15, 0.2) is 5.69 Å². The fourth-order valence-electron chi connectivity index (χ4n) is 3.54. The van der Waals surface area contributed by atoms with Crippen molar-refractivity contribution in [3.05, 3.63) is 26.5 Å². The Morgan fingerprint density at radius 1 is 1.27 bits per heavy atom. The molecule has 0 fully saturated rings. The summed E-state index contributed by atoms with van der Waals surface area (Å²) < 4.78 is 10.6. The predicted octanol–water partition coefficient (Wildman–Crippen LogP) is 5.60. The number of thiazole rings is 1. The van der Waals surface area contributed by atoms with Crippen LogP contribution in [0.5, 0.6) is 0 Å². The van der Waals surface area contributed by atoms with E-state index < -0.39 is 12.0 Å². The minimum Gasteiger partial charge on any atom is -0.464 e. The minimum absolute atomic E-state index is 0.0784. The van der Waals surface area contributed by atoms with Crippen molar-refractivity contribution >= 4 is 23.2 Å². The van der Waals surface area contributed by atoms with Gasteiger partial charge in [0.25, 0.3) is 0 Å². The van der Waals surface area contributed by atoms with Crippen LogP contribution in [0, 0.1) is 11.8 Å². The van der Waals surface area contributed by atoms with Crippen LogP contribution in [0.1, 0.15) is 82.2 Å². The zero-order valence-electron chi connectivity index (χ0n) is 20.8. The Kier molecular flexibility index (Phi) is 13.7. The van der Waals surface area contributed by atoms with E-state index in [1.807, 2.05) is 13.8 Å². The van der Waals surface area contributed by atoms with Gasteiger partial charge in [-0.15, -0.1) is 11.3 Å². The smallest absolute Gasteiger partial charge is 0.357 e. The Hall–Kier alpha value is -2.16. The van der Waals surface area contributed by atoms with Gasteiger partial charge in [0, 0.05) is 29.4 Å². The van der Waals surface area contributed by atoms with Crippen molar-refractivity contribution in [2.45, 2.75) is 85.2 Å². The molecule has 0 radical (unpaired) electrons. The fourth-order valence-corrected chi connectivity index (χ4v) is 4.32. The normalized spacial score (nSPS) is 13.8. The molecule has 2 unspecified atom stereocenters. The van der Waals surface area contributed by atoms with Crippen molar-refractivity contribution in [1.82, 2.24) is 9.88 Å². The molecular weight excluding hydrogens is 442 g/mol. The summed E-state index contributed by atoms with van der Waals surface area (Å²) in [6, 6.07) is -0.902. The molecule has 33 heavy (non-hydrogen) atoms. The molecule has 0 bridgehead atoms. The number of hydrogen-bond donors (Lipinski definition) is 0. The summed E-state index contributed by atoms with van der Waals surface area (Å²) in [6.07, 6.45) is 5.09. The number of rotatable bonds is 16. The number of hydrogen-bond acceptors (Lipinski definition) is 7. The van der Waals surface area contributed by atoms with Gasteiger partial charge in [0.05, 0.1) is 12.1 Å². The molecule has 0 saturated carbocycles. The molecule has 186 valence electrons. The van der Waals surface area contributed by atoms with Gasteiger partial charge in [-0.1, -0.05) is 59.0 Å². The van der Waals surface area contributed by atoms with Gasteiger partial charge >= 0.3 is 5.97 Å². The lowest BCUT2D eigenvalue weighted by atomic mass is 9.94. The van der Waals surface area contributed by atoms with E-state index in [-0.39, 0.29) is 30.5 Å². The maximum atomic E-state index is 13.5. The van der Waals surface area contributed by atoms with Gasteiger partial charge in [0.2, 0.25) is 5.91 Å². The van der Waals surface area contributed by atoms with E-state index in [2.05, 4.69) is 35.8 Å². The number of aryl methyl sites for hydroxylation is 1. The molecule has 0 aliphatic carbocycles. The van der Waals surface area contributed by atoms with Gasteiger partial charge in [-0.05, 0) is 30.2 Å². The van der Waals surface area contributed by atoms with Gasteiger partial charge in [-0.25, -0.2) is 9.78 Å². The van der Waals surface area contributed by atoms with Crippen LogP contribution in [0.2, 0.25) is 0 Å². The Morgan fingerprint density at radius 3 is 2.58 bits per heavy atom. The third kappa shape index (κ3) is 9.31. The Morgan fingerprint density at radius 2 is 2.00 bits per heavy atom. The standard InChI is InChI=1S/C23H39N5O4S/c1-7-9-10-13-32-15-28(22(29)21(26-27-24)17(5)8-2)19(16(3)4)11-12-20-25-18(14-33-20)23(30)31-6/h14,16-17,19,21H,7-13,15H2,1-6H3/t17?,19-,21?/m1/s1. The van der Waals surface area contributed by atoms with Crippen LogP contribution in [0.3, 0.4) is 0 Å². The number of ether oxygens (including phenoxy) is 2. The number of esters is 1. The second-order valence-corrected chi connectivity index (χ2v) is 9.50. The lowest BCUT2D eigenvalue weighted by Crippen LogP contribution is -2.50. The van der Waals surface area contributed by atoms with E-state index in [1.165, 1.54) is 18.4 Å². The van der Waals surface area contributed by atoms with E-state index in [4.69, 9.17) is 15.0 Å². The van der Waals surface area contributed by atoms with Crippen molar-refractivity contribution in [2.75, 3.05) is 20.4 Å². The average molecular weight is 482 g/mol. The van der Waals surface area contributed by atoms with Gasteiger partial charge in [-0.3, -0.25) is 4.79 Å². The van der Waals surface area contributed by atoms with Crippen LogP contribution >= 0.6 is 11.3 Å². The molecule has 0 aliphatic heterocycles. The van der Waals surface area contributed by atoms with Gasteiger partial charge in [-0.2, -0.15) is 0 Å². The van der Waals surface area contributed by atoms with Crippen molar-refractivity contribution in [2.24, 2.45) is 17.0 Å². The number of carbonyl (C=O) groups excluding carboxylic acids is 2. The van der Waals surface area contributed by atoms with Crippen LogP contribution in [0.4, 0.5) is 0 Å². The summed E-state index contributed by atoms with van der Waals surface area (Å²) in [5, 5.41) is 6.34. The summed E-state index contributed by atoms with van der Waals surface area (Å²) in [5.74, 6) is -0.589. The molecule has 1 rings (SSSR count). The second kappa shape index (κ2) is 15.6. The minimum atomic E-state index is -0.772. The number of unbranched alkanes of at least 4 members (excludes halogenated alkanes) is 2. The monoisotopic (exact) mass is 481 g/mol. The maximum absolute atomic E-state index is 13.5. The van der Waals surface area contributed by atoms with E-state index in [0.717, 1.165) is 30.7 Å². The molecule has 1 aromatic heterocycles. The molecule has 10 heteroatoms. The predicted molar refractivity (Wildman–Crippen MR) is 130 cm³/mol.